The van der Waals surface area contributed by atoms with Crippen molar-refractivity contribution in [3.05, 3.63) is 18.0 Å². The van der Waals surface area contributed by atoms with E-state index in [4.69, 9.17) is 4.74 Å². The van der Waals surface area contributed by atoms with Crippen molar-refractivity contribution in [3.8, 4) is 0 Å². The van der Waals surface area contributed by atoms with Crippen LogP contribution < -0.4 is 0 Å². The SMILES string of the molecule is CCCOCCC(=O)c1cnn(CC)c1. The number of aromatic nitrogens is 2. The quantitative estimate of drug-likeness (QED) is 0.510. The van der Waals surface area contributed by atoms with Gasteiger partial charge in [-0.2, -0.15) is 5.10 Å². The molecule has 1 aromatic heterocycles. The third-order valence-electron chi connectivity index (χ3n) is 2.10. The average Bonchev–Trinajstić information content (AvgIpc) is 2.72. The van der Waals surface area contributed by atoms with E-state index < -0.39 is 0 Å². The minimum absolute atomic E-state index is 0.103. The fraction of sp³-hybridized carbons (Fsp3) is 0.636. The number of rotatable bonds is 7. The van der Waals surface area contributed by atoms with Crippen LogP contribution in [0.25, 0.3) is 0 Å². The zero-order valence-electron chi connectivity index (χ0n) is 9.40. The minimum Gasteiger partial charge on any atom is -0.381 e. The van der Waals surface area contributed by atoms with E-state index >= 15 is 0 Å². The molecule has 0 aliphatic heterocycles. The lowest BCUT2D eigenvalue weighted by Gasteiger charge is -2.00. The van der Waals surface area contributed by atoms with Gasteiger partial charge in [0.1, 0.15) is 0 Å². The van der Waals surface area contributed by atoms with Gasteiger partial charge in [0.05, 0.1) is 18.4 Å². The van der Waals surface area contributed by atoms with Crippen LogP contribution in [0.2, 0.25) is 0 Å². The van der Waals surface area contributed by atoms with Gasteiger partial charge in [-0.25, -0.2) is 0 Å². The molecule has 1 aromatic rings. The summed E-state index contributed by atoms with van der Waals surface area (Å²) in [7, 11) is 0. The van der Waals surface area contributed by atoms with Crippen LogP contribution in [-0.4, -0.2) is 28.8 Å². The number of carbonyl (C=O) groups excluding carboxylic acids is 1. The summed E-state index contributed by atoms with van der Waals surface area (Å²) in [5.41, 5.74) is 0.678. The Morgan fingerprint density at radius 2 is 2.27 bits per heavy atom. The van der Waals surface area contributed by atoms with Gasteiger partial charge in [-0.05, 0) is 13.3 Å². The number of hydrogen-bond donors (Lipinski definition) is 0. The molecular formula is C11H18N2O2. The van der Waals surface area contributed by atoms with Gasteiger partial charge in [0.25, 0.3) is 0 Å². The highest BCUT2D eigenvalue weighted by molar-refractivity contribution is 5.95. The molecule has 0 aliphatic carbocycles. The van der Waals surface area contributed by atoms with Crippen LogP contribution in [0.4, 0.5) is 0 Å². The molecule has 15 heavy (non-hydrogen) atoms. The minimum atomic E-state index is 0.103. The predicted molar refractivity (Wildman–Crippen MR) is 58.0 cm³/mol. The molecule has 4 heteroatoms. The Bertz CT molecular complexity index is 307. The highest BCUT2D eigenvalue weighted by Crippen LogP contribution is 2.02. The van der Waals surface area contributed by atoms with E-state index in [1.165, 1.54) is 0 Å². The Labute approximate surface area is 90.2 Å². The molecule has 0 atom stereocenters. The lowest BCUT2D eigenvalue weighted by atomic mass is 10.2. The lowest BCUT2D eigenvalue weighted by molar-refractivity contribution is 0.0879. The summed E-state index contributed by atoms with van der Waals surface area (Å²) in [6, 6.07) is 0. The summed E-state index contributed by atoms with van der Waals surface area (Å²) >= 11 is 0. The molecule has 1 heterocycles. The molecule has 0 radical (unpaired) electrons. The number of nitrogens with zero attached hydrogens (tertiary/aromatic N) is 2. The van der Waals surface area contributed by atoms with Gasteiger partial charge in [-0.1, -0.05) is 6.92 Å². The maximum Gasteiger partial charge on any atom is 0.168 e. The maximum atomic E-state index is 11.6. The molecular weight excluding hydrogens is 192 g/mol. The highest BCUT2D eigenvalue weighted by Gasteiger charge is 2.07. The zero-order chi connectivity index (χ0) is 11.1. The standard InChI is InChI=1S/C11H18N2O2/c1-3-6-15-7-5-11(14)10-8-12-13(4-2)9-10/h8-9H,3-7H2,1-2H3. The normalized spacial score (nSPS) is 10.5. The summed E-state index contributed by atoms with van der Waals surface area (Å²) in [6.45, 7) is 6.06. The summed E-state index contributed by atoms with van der Waals surface area (Å²) in [6.07, 6.45) is 4.82. The molecule has 84 valence electrons. The molecule has 1 rings (SSSR count). The van der Waals surface area contributed by atoms with Gasteiger partial charge in [-0.15, -0.1) is 0 Å². The van der Waals surface area contributed by atoms with Crippen LogP contribution in [0.5, 0.6) is 0 Å². The van der Waals surface area contributed by atoms with Crippen molar-refractivity contribution in [1.29, 1.82) is 0 Å². The van der Waals surface area contributed by atoms with E-state index in [0.717, 1.165) is 19.6 Å². The summed E-state index contributed by atoms with van der Waals surface area (Å²) in [5.74, 6) is 0.103. The predicted octanol–water partition coefficient (Wildman–Crippen LogP) is 1.90. The van der Waals surface area contributed by atoms with E-state index in [-0.39, 0.29) is 5.78 Å². The van der Waals surface area contributed by atoms with Crippen molar-refractivity contribution in [3.63, 3.8) is 0 Å². The van der Waals surface area contributed by atoms with E-state index in [1.54, 1.807) is 17.1 Å². The van der Waals surface area contributed by atoms with Crippen molar-refractivity contribution in [2.24, 2.45) is 0 Å². The van der Waals surface area contributed by atoms with Crippen molar-refractivity contribution < 1.29 is 9.53 Å². The van der Waals surface area contributed by atoms with Crippen LogP contribution >= 0.6 is 0 Å². The van der Waals surface area contributed by atoms with Crippen molar-refractivity contribution in [2.75, 3.05) is 13.2 Å². The fourth-order valence-corrected chi connectivity index (χ4v) is 1.24. The number of ether oxygens (including phenoxy) is 1. The molecule has 0 spiro atoms. The molecule has 0 fully saturated rings. The topological polar surface area (TPSA) is 44.1 Å². The molecule has 0 aromatic carbocycles. The molecule has 0 aliphatic rings. The number of carbonyl (C=O) groups is 1. The van der Waals surface area contributed by atoms with Crippen LogP contribution in [0.1, 0.15) is 37.0 Å². The first-order chi connectivity index (χ1) is 7.27. The fourth-order valence-electron chi connectivity index (χ4n) is 1.24. The number of Topliss-reactive ketones (excluding diaryl/α,β-unsaturated/α-hetero) is 1. The molecule has 0 saturated heterocycles. The first-order valence-electron chi connectivity index (χ1n) is 5.41. The van der Waals surface area contributed by atoms with Crippen LogP contribution in [0.3, 0.4) is 0 Å². The molecule has 0 bridgehead atoms. The van der Waals surface area contributed by atoms with Gasteiger partial charge in [0, 0.05) is 25.8 Å². The first-order valence-corrected chi connectivity index (χ1v) is 5.41. The average molecular weight is 210 g/mol. The number of ketones is 1. The second kappa shape index (κ2) is 6.35. The van der Waals surface area contributed by atoms with Gasteiger partial charge < -0.3 is 4.74 Å². The molecule has 0 unspecified atom stereocenters. The third kappa shape index (κ3) is 3.83. The Balaban J connectivity index is 2.33. The third-order valence-corrected chi connectivity index (χ3v) is 2.10. The summed E-state index contributed by atoms with van der Waals surface area (Å²) in [4.78, 5) is 11.6. The van der Waals surface area contributed by atoms with Crippen LogP contribution in [-0.2, 0) is 11.3 Å². The van der Waals surface area contributed by atoms with Crippen molar-refractivity contribution >= 4 is 5.78 Å². The van der Waals surface area contributed by atoms with E-state index in [0.29, 0.717) is 18.6 Å². The van der Waals surface area contributed by atoms with Gasteiger partial charge in [0.2, 0.25) is 0 Å². The highest BCUT2D eigenvalue weighted by atomic mass is 16.5. The Hall–Kier alpha value is -1.16. The van der Waals surface area contributed by atoms with Crippen LogP contribution in [0.15, 0.2) is 12.4 Å². The Kier molecular flexibility index (Phi) is 5.04. The smallest absolute Gasteiger partial charge is 0.168 e. The largest absolute Gasteiger partial charge is 0.381 e. The monoisotopic (exact) mass is 210 g/mol. The van der Waals surface area contributed by atoms with E-state index in [2.05, 4.69) is 5.10 Å². The van der Waals surface area contributed by atoms with Gasteiger partial charge >= 0.3 is 0 Å². The Morgan fingerprint density at radius 1 is 1.47 bits per heavy atom. The second-order valence-electron chi connectivity index (χ2n) is 3.37. The van der Waals surface area contributed by atoms with Crippen LogP contribution in [0, 0.1) is 0 Å². The molecule has 4 nitrogen and oxygen atoms in total. The number of hydrogen-bond acceptors (Lipinski definition) is 3. The molecule has 0 N–H and O–H groups in total. The Morgan fingerprint density at radius 3 is 2.87 bits per heavy atom. The zero-order valence-corrected chi connectivity index (χ0v) is 9.40. The maximum absolute atomic E-state index is 11.6. The second-order valence-corrected chi connectivity index (χ2v) is 3.37. The van der Waals surface area contributed by atoms with Crippen molar-refractivity contribution in [2.45, 2.75) is 33.2 Å². The van der Waals surface area contributed by atoms with E-state index in [1.807, 2.05) is 13.8 Å². The van der Waals surface area contributed by atoms with Crippen molar-refractivity contribution in [1.82, 2.24) is 9.78 Å². The van der Waals surface area contributed by atoms with E-state index in [9.17, 15) is 4.79 Å². The number of aryl methyl sites for hydroxylation is 1. The van der Waals surface area contributed by atoms with Gasteiger partial charge in [0.15, 0.2) is 5.78 Å². The van der Waals surface area contributed by atoms with Gasteiger partial charge in [-0.3, -0.25) is 9.48 Å². The molecule has 0 saturated carbocycles. The summed E-state index contributed by atoms with van der Waals surface area (Å²) < 4.78 is 7.01. The first kappa shape index (κ1) is 11.9. The molecule has 0 amide bonds. The summed E-state index contributed by atoms with van der Waals surface area (Å²) in [5, 5.41) is 4.06. The lowest BCUT2D eigenvalue weighted by Crippen LogP contribution is -2.04.